The van der Waals surface area contributed by atoms with Gasteiger partial charge in [-0.15, -0.1) is 10.2 Å². The first-order chi connectivity index (χ1) is 11.2. The van der Waals surface area contributed by atoms with Gasteiger partial charge in [0, 0.05) is 25.8 Å². The molecule has 23 heavy (non-hydrogen) atoms. The summed E-state index contributed by atoms with van der Waals surface area (Å²) >= 11 is 0. The summed E-state index contributed by atoms with van der Waals surface area (Å²) in [6.07, 6.45) is 3.08. The predicted molar refractivity (Wildman–Crippen MR) is 91.1 cm³/mol. The van der Waals surface area contributed by atoms with E-state index in [1.807, 2.05) is 19.2 Å². The van der Waals surface area contributed by atoms with Gasteiger partial charge in [0.1, 0.15) is 0 Å². The van der Waals surface area contributed by atoms with Crippen LogP contribution in [0.5, 0.6) is 0 Å². The molecule has 0 saturated carbocycles. The highest BCUT2D eigenvalue weighted by molar-refractivity contribution is 5.92. The van der Waals surface area contributed by atoms with Crippen molar-refractivity contribution in [3.05, 3.63) is 47.7 Å². The van der Waals surface area contributed by atoms with Crippen LogP contribution in [0.15, 0.2) is 36.4 Å². The van der Waals surface area contributed by atoms with E-state index in [0.29, 0.717) is 5.69 Å². The molecular formula is C18H22N4O. The zero-order valence-corrected chi connectivity index (χ0v) is 13.7. The number of unbranched alkanes of at least 4 members (excludes halogenated alkanes) is 1. The fourth-order valence-corrected chi connectivity index (χ4v) is 2.85. The average molecular weight is 310 g/mol. The van der Waals surface area contributed by atoms with Gasteiger partial charge in [-0.2, -0.15) is 0 Å². The van der Waals surface area contributed by atoms with Crippen LogP contribution in [0.4, 0.5) is 11.5 Å². The predicted octanol–water partition coefficient (Wildman–Crippen LogP) is 3.04. The van der Waals surface area contributed by atoms with Crippen LogP contribution in [0.25, 0.3) is 0 Å². The number of hydrogen-bond acceptors (Lipinski definition) is 4. The molecule has 2 aromatic rings. The maximum atomic E-state index is 12.3. The third kappa shape index (κ3) is 3.18. The summed E-state index contributed by atoms with van der Waals surface area (Å²) in [6.45, 7) is 3.76. The minimum atomic E-state index is -0.0701. The van der Waals surface area contributed by atoms with Gasteiger partial charge in [0.2, 0.25) is 0 Å². The van der Waals surface area contributed by atoms with Crippen LogP contribution in [-0.2, 0) is 6.42 Å². The first-order valence-corrected chi connectivity index (χ1v) is 8.15. The molecule has 0 spiro atoms. The number of benzene rings is 1. The third-order valence-corrected chi connectivity index (χ3v) is 4.23. The van der Waals surface area contributed by atoms with Gasteiger partial charge < -0.3 is 9.80 Å². The van der Waals surface area contributed by atoms with Crippen molar-refractivity contribution in [2.24, 2.45) is 0 Å². The SMILES string of the molecule is CCCCN(C)C(=O)c1ccc(N2CCc3ccccc32)nn1. The lowest BCUT2D eigenvalue weighted by Crippen LogP contribution is -2.28. The van der Waals surface area contributed by atoms with Crippen LogP contribution in [0.3, 0.4) is 0 Å². The van der Waals surface area contributed by atoms with Gasteiger partial charge in [-0.05, 0) is 36.6 Å². The molecule has 120 valence electrons. The largest absolute Gasteiger partial charge is 0.340 e. The summed E-state index contributed by atoms with van der Waals surface area (Å²) in [5, 5.41) is 8.41. The van der Waals surface area contributed by atoms with Crippen molar-refractivity contribution in [2.75, 3.05) is 25.0 Å². The molecule has 0 bridgehead atoms. The topological polar surface area (TPSA) is 49.3 Å². The summed E-state index contributed by atoms with van der Waals surface area (Å²) in [6, 6.07) is 12.0. The lowest BCUT2D eigenvalue weighted by Gasteiger charge is -2.19. The molecule has 1 aromatic heterocycles. The Kier molecular flexibility index (Phi) is 4.55. The third-order valence-electron chi connectivity index (χ3n) is 4.23. The molecule has 5 heteroatoms. The Bertz CT molecular complexity index is 684. The van der Waals surface area contributed by atoms with Crippen LogP contribution in [0, 0.1) is 0 Å². The second-order valence-corrected chi connectivity index (χ2v) is 5.89. The summed E-state index contributed by atoms with van der Waals surface area (Å²) in [4.78, 5) is 16.1. The zero-order chi connectivity index (χ0) is 16.2. The van der Waals surface area contributed by atoms with E-state index in [0.717, 1.165) is 38.2 Å². The normalized spacial score (nSPS) is 13.0. The zero-order valence-electron chi connectivity index (χ0n) is 13.7. The number of rotatable bonds is 5. The monoisotopic (exact) mass is 310 g/mol. The van der Waals surface area contributed by atoms with E-state index in [-0.39, 0.29) is 5.91 Å². The van der Waals surface area contributed by atoms with Crippen molar-refractivity contribution >= 4 is 17.4 Å². The Morgan fingerprint density at radius 3 is 2.78 bits per heavy atom. The molecule has 1 aliphatic heterocycles. The van der Waals surface area contributed by atoms with Gasteiger partial charge in [0.25, 0.3) is 5.91 Å². The molecule has 1 aromatic carbocycles. The van der Waals surface area contributed by atoms with E-state index in [1.165, 1.54) is 11.3 Å². The van der Waals surface area contributed by atoms with E-state index in [4.69, 9.17) is 0 Å². The number of carbonyl (C=O) groups is 1. The highest BCUT2D eigenvalue weighted by Crippen LogP contribution is 2.32. The number of carbonyl (C=O) groups excluding carboxylic acids is 1. The molecule has 0 aliphatic carbocycles. The highest BCUT2D eigenvalue weighted by Gasteiger charge is 2.21. The molecular weight excluding hydrogens is 288 g/mol. The van der Waals surface area contributed by atoms with Gasteiger partial charge >= 0.3 is 0 Å². The maximum absolute atomic E-state index is 12.3. The Morgan fingerprint density at radius 2 is 2.04 bits per heavy atom. The second kappa shape index (κ2) is 6.77. The number of amides is 1. The van der Waals surface area contributed by atoms with Crippen molar-refractivity contribution < 1.29 is 4.79 Å². The van der Waals surface area contributed by atoms with Crippen LogP contribution >= 0.6 is 0 Å². The maximum Gasteiger partial charge on any atom is 0.274 e. The second-order valence-electron chi connectivity index (χ2n) is 5.89. The van der Waals surface area contributed by atoms with Crippen molar-refractivity contribution in [1.82, 2.24) is 15.1 Å². The summed E-state index contributed by atoms with van der Waals surface area (Å²) in [5.74, 6) is 0.724. The van der Waals surface area contributed by atoms with Gasteiger partial charge in [0.05, 0.1) is 0 Å². The minimum absolute atomic E-state index is 0.0701. The van der Waals surface area contributed by atoms with Crippen LogP contribution in [-0.4, -0.2) is 41.1 Å². The van der Waals surface area contributed by atoms with E-state index < -0.39 is 0 Å². The Labute approximate surface area is 136 Å². The van der Waals surface area contributed by atoms with E-state index in [2.05, 4.69) is 40.2 Å². The minimum Gasteiger partial charge on any atom is -0.340 e. The van der Waals surface area contributed by atoms with Gasteiger partial charge in [-0.3, -0.25) is 4.79 Å². The van der Waals surface area contributed by atoms with Crippen molar-refractivity contribution in [3.63, 3.8) is 0 Å². The smallest absolute Gasteiger partial charge is 0.274 e. The number of fused-ring (bicyclic) bond motifs is 1. The lowest BCUT2D eigenvalue weighted by molar-refractivity contribution is 0.0786. The summed E-state index contributed by atoms with van der Waals surface area (Å²) in [7, 11) is 1.81. The van der Waals surface area contributed by atoms with E-state index in [1.54, 1.807) is 11.0 Å². The molecule has 1 aliphatic rings. The van der Waals surface area contributed by atoms with Gasteiger partial charge in [-0.1, -0.05) is 31.5 Å². The van der Waals surface area contributed by atoms with Crippen LogP contribution < -0.4 is 4.90 Å². The van der Waals surface area contributed by atoms with Gasteiger partial charge in [0.15, 0.2) is 11.5 Å². The molecule has 2 heterocycles. The first-order valence-electron chi connectivity index (χ1n) is 8.15. The first kappa shape index (κ1) is 15.5. The summed E-state index contributed by atoms with van der Waals surface area (Å²) < 4.78 is 0. The number of aromatic nitrogens is 2. The highest BCUT2D eigenvalue weighted by atomic mass is 16.2. The molecule has 0 N–H and O–H groups in total. The van der Waals surface area contributed by atoms with Crippen LogP contribution in [0.2, 0.25) is 0 Å². The van der Waals surface area contributed by atoms with Gasteiger partial charge in [-0.25, -0.2) is 0 Å². The quantitative estimate of drug-likeness (QED) is 0.851. The van der Waals surface area contributed by atoms with Crippen molar-refractivity contribution in [2.45, 2.75) is 26.2 Å². The Balaban J connectivity index is 1.74. The van der Waals surface area contributed by atoms with Crippen molar-refractivity contribution in [3.8, 4) is 0 Å². The molecule has 0 unspecified atom stereocenters. The molecule has 0 atom stereocenters. The molecule has 0 radical (unpaired) electrons. The standard InChI is InChI=1S/C18H22N4O/c1-3-4-12-21(2)18(23)15-9-10-17(20-19-15)22-13-11-14-7-5-6-8-16(14)22/h5-10H,3-4,11-13H2,1-2H3. The molecule has 0 fully saturated rings. The van der Waals surface area contributed by atoms with Crippen LogP contribution in [0.1, 0.15) is 35.8 Å². The molecule has 0 saturated heterocycles. The number of anilines is 2. The van der Waals surface area contributed by atoms with Crippen molar-refractivity contribution in [1.29, 1.82) is 0 Å². The number of nitrogens with zero attached hydrogens (tertiary/aromatic N) is 4. The Morgan fingerprint density at radius 1 is 1.22 bits per heavy atom. The Hall–Kier alpha value is -2.43. The molecule has 5 nitrogen and oxygen atoms in total. The molecule has 3 rings (SSSR count). The fraction of sp³-hybridized carbons (Fsp3) is 0.389. The number of para-hydroxylation sites is 1. The number of hydrogen-bond donors (Lipinski definition) is 0. The van der Waals surface area contributed by atoms with E-state index >= 15 is 0 Å². The van der Waals surface area contributed by atoms with E-state index in [9.17, 15) is 4.79 Å². The summed E-state index contributed by atoms with van der Waals surface area (Å²) in [5.41, 5.74) is 2.91. The molecule has 1 amide bonds. The lowest BCUT2D eigenvalue weighted by atomic mass is 10.2. The average Bonchev–Trinajstić information content (AvgIpc) is 3.03. The fourth-order valence-electron chi connectivity index (χ4n) is 2.85.